The van der Waals surface area contributed by atoms with Crippen LogP contribution in [0.2, 0.25) is 0 Å². The van der Waals surface area contributed by atoms with Crippen molar-refractivity contribution < 1.29 is 9.50 Å². The number of nitrogens with one attached hydrogen (secondary N) is 1. The van der Waals surface area contributed by atoms with E-state index >= 15 is 0 Å². The number of benzene rings is 5. The second-order valence-corrected chi connectivity index (χ2v) is 13.8. The van der Waals surface area contributed by atoms with Crippen molar-refractivity contribution in [2.24, 2.45) is 0 Å². The average Bonchev–Trinajstić information content (AvgIpc) is 3.07. The molecule has 5 aromatic rings. The van der Waals surface area contributed by atoms with Crippen molar-refractivity contribution in [1.82, 2.24) is 0 Å². The van der Waals surface area contributed by atoms with Crippen molar-refractivity contribution in [3.8, 4) is 5.75 Å². The number of halogens is 1. The predicted molar refractivity (Wildman–Crippen MR) is 191 cm³/mol. The van der Waals surface area contributed by atoms with E-state index in [-0.39, 0.29) is 11.0 Å². The van der Waals surface area contributed by atoms with Crippen molar-refractivity contribution in [2.45, 2.75) is 70.5 Å². The van der Waals surface area contributed by atoms with Crippen LogP contribution in [-0.2, 0) is 24.5 Å². The molecule has 0 fully saturated rings. The smallest absolute Gasteiger partial charge is 0.123 e. The zero-order valence-corrected chi connectivity index (χ0v) is 27.5. The summed E-state index contributed by atoms with van der Waals surface area (Å²) in [5.41, 5.74) is 7.62. The fourth-order valence-electron chi connectivity index (χ4n) is 6.25. The Labute approximate surface area is 270 Å². The molecule has 5 rings (SSSR count). The fourth-order valence-corrected chi connectivity index (χ4v) is 8.06. The lowest BCUT2D eigenvalue weighted by molar-refractivity contribution is 0.432. The highest BCUT2D eigenvalue weighted by Crippen LogP contribution is 2.52. The molecule has 0 aliphatic rings. The number of phenolic OH excluding ortho intramolecular Hbond substituents is 1. The molecule has 45 heavy (non-hydrogen) atoms. The third kappa shape index (κ3) is 8.62. The van der Waals surface area contributed by atoms with Crippen molar-refractivity contribution in [3.05, 3.63) is 161 Å². The number of rotatable bonds is 15. The van der Waals surface area contributed by atoms with E-state index in [4.69, 9.17) is 0 Å². The summed E-state index contributed by atoms with van der Waals surface area (Å²) in [5, 5.41) is 16.5. The Morgan fingerprint density at radius 1 is 0.689 bits per heavy atom. The summed E-state index contributed by atoms with van der Waals surface area (Å²) in [7, 11) is 0.376. The molecule has 0 aliphatic carbocycles. The van der Waals surface area contributed by atoms with Crippen molar-refractivity contribution >= 4 is 19.6 Å². The number of unbranched alkanes of at least 4 members (excludes halogenated alkanes) is 2. The lowest BCUT2D eigenvalue weighted by Crippen LogP contribution is -2.25. The first-order valence-electron chi connectivity index (χ1n) is 16.3. The van der Waals surface area contributed by atoms with Gasteiger partial charge in [-0.05, 0) is 76.6 Å². The first-order valence-corrected chi connectivity index (χ1v) is 17.3. The Kier molecular flexibility index (Phi) is 11.4. The molecular formula is C41H45FNOP. The van der Waals surface area contributed by atoms with E-state index in [1.165, 1.54) is 16.7 Å². The van der Waals surface area contributed by atoms with Gasteiger partial charge >= 0.3 is 0 Å². The van der Waals surface area contributed by atoms with Crippen LogP contribution in [0.3, 0.4) is 0 Å². The standard InChI is InChI=1S/C41H45FNOP/c1-3-5-15-24-41(4-2,45-39-23-22-36(42)29-35(39)30-43-37-20-13-8-14-21-37)38-28-33(25-31-16-9-6-10-17-31)27-34(40(38)44)26-32-18-11-7-12-19-32/h6-14,16-23,27-29,43-45H,3-5,15,24-26,30H2,1-2H3. The summed E-state index contributed by atoms with van der Waals surface area (Å²) >= 11 is 0. The van der Waals surface area contributed by atoms with Gasteiger partial charge in [-0.25, -0.2) is 4.39 Å². The van der Waals surface area contributed by atoms with E-state index in [2.05, 4.69) is 85.9 Å². The van der Waals surface area contributed by atoms with Crippen LogP contribution in [0.1, 0.15) is 79.3 Å². The maximum absolute atomic E-state index is 14.7. The Morgan fingerprint density at radius 3 is 1.98 bits per heavy atom. The van der Waals surface area contributed by atoms with Gasteiger partial charge in [-0.2, -0.15) is 0 Å². The van der Waals surface area contributed by atoms with Gasteiger partial charge in [0.05, 0.1) is 0 Å². The number of hydrogen-bond donors (Lipinski definition) is 2. The van der Waals surface area contributed by atoms with Crippen LogP contribution in [0.15, 0.2) is 121 Å². The van der Waals surface area contributed by atoms with Crippen molar-refractivity contribution in [3.63, 3.8) is 0 Å². The van der Waals surface area contributed by atoms with Gasteiger partial charge in [-0.3, -0.25) is 0 Å². The third-order valence-corrected chi connectivity index (χ3v) is 10.9. The van der Waals surface area contributed by atoms with E-state index in [1.807, 2.05) is 42.5 Å². The van der Waals surface area contributed by atoms with Crippen LogP contribution in [0.5, 0.6) is 5.75 Å². The first kappa shape index (κ1) is 32.5. The van der Waals surface area contributed by atoms with Gasteiger partial charge in [-0.15, -0.1) is 0 Å². The molecule has 2 unspecified atom stereocenters. The van der Waals surface area contributed by atoms with Crippen molar-refractivity contribution in [2.75, 3.05) is 5.32 Å². The van der Waals surface area contributed by atoms with Gasteiger partial charge in [0.1, 0.15) is 11.6 Å². The molecule has 0 amide bonds. The molecular weight excluding hydrogens is 572 g/mol. The minimum absolute atomic E-state index is 0.223. The second-order valence-electron chi connectivity index (χ2n) is 12.0. The van der Waals surface area contributed by atoms with Crippen LogP contribution in [-0.4, -0.2) is 5.11 Å². The average molecular weight is 618 g/mol. The molecule has 5 aromatic carbocycles. The summed E-state index contributed by atoms with van der Waals surface area (Å²) < 4.78 is 14.7. The maximum Gasteiger partial charge on any atom is 0.123 e. The number of anilines is 1. The first-order chi connectivity index (χ1) is 22.0. The number of para-hydroxylation sites is 1. The molecule has 0 aliphatic heterocycles. The molecule has 0 saturated heterocycles. The van der Waals surface area contributed by atoms with Gasteiger partial charge in [0.25, 0.3) is 0 Å². The van der Waals surface area contributed by atoms with Gasteiger partial charge in [0.2, 0.25) is 0 Å². The third-order valence-electron chi connectivity index (χ3n) is 8.76. The predicted octanol–water partition coefficient (Wildman–Crippen LogP) is 10.5. The second kappa shape index (κ2) is 15.9. The molecule has 0 radical (unpaired) electrons. The largest absolute Gasteiger partial charge is 0.507 e. The summed E-state index contributed by atoms with van der Waals surface area (Å²) in [4.78, 5) is 0. The maximum atomic E-state index is 14.7. The van der Waals surface area contributed by atoms with E-state index in [0.717, 1.165) is 66.2 Å². The summed E-state index contributed by atoms with van der Waals surface area (Å²) in [5.74, 6) is 0.187. The lowest BCUT2D eigenvalue weighted by atomic mass is 9.85. The monoisotopic (exact) mass is 617 g/mol. The molecule has 4 heteroatoms. The fraction of sp³-hybridized carbons (Fsp3) is 0.268. The Bertz CT molecular complexity index is 1640. The molecule has 0 heterocycles. The van der Waals surface area contributed by atoms with Gasteiger partial charge in [-0.1, -0.05) is 139 Å². The van der Waals surface area contributed by atoms with Crippen LogP contribution in [0, 0.1) is 5.82 Å². The van der Waals surface area contributed by atoms with Crippen molar-refractivity contribution in [1.29, 1.82) is 0 Å². The molecule has 0 saturated carbocycles. The normalized spacial score (nSPS) is 12.8. The van der Waals surface area contributed by atoms with E-state index in [0.29, 0.717) is 27.3 Å². The van der Waals surface area contributed by atoms with Gasteiger partial charge in [0, 0.05) is 29.4 Å². The number of phenols is 1. The van der Waals surface area contributed by atoms with Gasteiger partial charge in [0.15, 0.2) is 0 Å². The molecule has 0 aromatic heterocycles. The van der Waals surface area contributed by atoms with Crippen LogP contribution < -0.4 is 10.6 Å². The SMILES string of the molecule is CCCCCC(CC)(Pc1ccc(F)cc1CNc1ccccc1)c1cc(Cc2ccccc2)cc(Cc2ccccc2)c1O. The summed E-state index contributed by atoms with van der Waals surface area (Å²) in [6.45, 7) is 5.03. The van der Waals surface area contributed by atoms with E-state index in [1.54, 1.807) is 12.1 Å². The summed E-state index contributed by atoms with van der Waals surface area (Å²) in [6, 6.07) is 40.7. The quantitative estimate of drug-likeness (QED) is 0.0905. The Morgan fingerprint density at radius 2 is 1.33 bits per heavy atom. The molecule has 0 bridgehead atoms. The van der Waals surface area contributed by atoms with E-state index < -0.39 is 0 Å². The zero-order chi connectivity index (χ0) is 31.5. The highest BCUT2D eigenvalue weighted by molar-refractivity contribution is 7.48. The molecule has 0 spiro atoms. The minimum atomic E-state index is -0.281. The van der Waals surface area contributed by atoms with Crippen LogP contribution >= 0.6 is 8.58 Å². The highest BCUT2D eigenvalue weighted by Gasteiger charge is 2.35. The topological polar surface area (TPSA) is 32.3 Å². The Hall–Kier alpha value is -3.94. The van der Waals surface area contributed by atoms with E-state index in [9.17, 15) is 9.50 Å². The Balaban J connectivity index is 1.59. The number of aromatic hydroxyl groups is 1. The zero-order valence-electron chi connectivity index (χ0n) is 26.5. The molecule has 232 valence electrons. The highest BCUT2D eigenvalue weighted by atomic mass is 31.1. The van der Waals surface area contributed by atoms with Crippen LogP contribution in [0.4, 0.5) is 10.1 Å². The van der Waals surface area contributed by atoms with Gasteiger partial charge < -0.3 is 10.4 Å². The molecule has 2 N–H and O–H groups in total. The van der Waals surface area contributed by atoms with Crippen LogP contribution in [0.25, 0.3) is 0 Å². The number of hydrogen-bond acceptors (Lipinski definition) is 2. The minimum Gasteiger partial charge on any atom is -0.507 e. The lowest BCUT2D eigenvalue weighted by Gasteiger charge is -2.36. The summed E-state index contributed by atoms with van der Waals surface area (Å²) in [6.07, 6.45) is 6.66. The molecule has 2 atom stereocenters. The molecule has 2 nitrogen and oxygen atoms in total.